The van der Waals surface area contributed by atoms with Crippen LogP contribution in [0.2, 0.25) is 0 Å². The summed E-state index contributed by atoms with van der Waals surface area (Å²) in [7, 11) is 0. The third-order valence-corrected chi connectivity index (χ3v) is 2.06. The predicted molar refractivity (Wildman–Crippen MR) is 54.3 cm³/mol. The van der Waals surface area contributed by atoms with Crippen LogP contribution in [0, 0.1) is 13.8 Å². The number of oxazole rings is 1. The van der Waals surface area contributed by atoms with Gasteiger partial charge in [-0.2, -0.15) is 0 Å². The summed E-state index contributed by atoms with van der Waals surface area (Å²) in [5.41, 5.74) is 6.44. The lowest BCUT2D eigenvalue weighted by Gasteiger charge is -2.07. The summed E-state index contributed by atoms with van der Waals surface area (Å²) in [6.45, 7) is 5.74. The molecule has 1 unspecified atom stereocenters. The molecule has 0 spiro atoms. The average Bonchev–Trinajstić information content (AvgIpc) is 2.46. The quantitative estimate of drug-likeness (QED) is 0.744. The highest BCUT2D eigenvalue weighted by atomic mass is 16.5. The molecule has 2 N–H and O–H groups in total. The summed E-state index contributed by atoms with van der Waals surface area (Å²) >= 11 is 0. The van der Waals surface area contributed by atoms with Crippen molar-refractivity contribution in [3.8, 4) is 0 Å². The van der Waals surface area contributed by atoms with Gasteiger partial charge in [-0.1, -0.05) is 0 Å². The van der Waals surface area contributed by atoms with Crippen molar-refractivity contribution in [2.75, 3.05) is 6.61 Å². The van der Waals surface area contributed by atoms with E-state index in [-0.39, 0.29) is 6.42 Å². The van der Waals surface area contributed by atoms with Crippen molar-refractivity contribution in [3.63, 3.8) is 0 Å². The highest BCUT2D eigenvalue weighted by molar-refractivity contribution is 5.75. The molecule has 0 bridgehead atoms. The van der Waals surface area contributed by atoms with E-state index in [2.05, 4.69) is 4.98 Å². The Kier molecular flexibility index (Phi) is 3.85. The number of hydrogen-bond acceptors (Lipinski definition) is 5. The van der Waals surface area contributed by atoms with Gasteiger partial charge in [0, 0.05) is 0 Å². The maximum Gasteiger partial charge on any atom is 0.323 e. The fraction of sp³-hybridized carbons (Fsp3) is 0.600. The second kappa shape index (κ2) is 4.93. The normalized spacial score (nSPS) is 12.5. The molecular weight excluding hydrogens is 196 g/mol. The van der Waals surface area contributed by atoms with Gasteiger partial charge in [0.25, 0.3) is 0 Å². The Morgan fingerprint density at radius 1 is 1.60 bits per heavy atom. The highest BCUT2D eigenvalue weighted by Gasteiger charge is 2.18. The van der Waals surface area contributed by atoms with Crippen molar-refractivity contribution in [2.45, 2.75) is 33.2 Å². The van der Waals surface area contributed by atoms with Gasteiger partial charge < -0.3 is 14.9 Å². The number of nitrogens with two attached hydrogens (primary N) is 1. The molecule has 5 heteroatoms. The van der Waals surface area contributed by atoms with Gasteiger partial charge in [0.15, 0.2) is 5.89 Å². The van der Waals surface area contributed by atoms with Gasteiger partial charge in [0.1, 0.15) is 11.8 Å². The Bertz CT molecular complexity index is 327. The van der Waals surface area contributed by atoms with Crippen LogP contribution in [0.5, 0.6) is 0 Å². The van der Waals surface area contributed by atoms with Crippen LogP contribution in [0.25, 0.3) is 0 Å². The van der Waals surface area contributed by atoms with E-state index in [1.54, 1.807) is 6.92 Å². The summed E-state index contributed by atoms with van der Waals surface area (Å²) in [6.07, 6.45) is 0.271. The molecule has 1 heterocycles. The zero-order valence-electron chi connectivity index (χ0n) is 9.24. The van der Waals surface area contributed by atoms with Crippen molar-refractivity contribution >= 4 is 5.97 Å². The minimum atomic E-state index is -0.706. The molecule has 0 radical (unpaired) electrons. The minimum absolute atomic E-state index is 0.271. The maximum absolute atomic E-state index is 11.2. The van der Waals surface area contributed by atoms with E-state index in [4.69, 9.17) is 14.9 Å². The highest BCUT2D eigenvalue weighted by Crippen LogP contribution is 2.09. The molecule has 15 heavy (non-hydrogen) atoms. The van der Waals surface area contributed by atoms with Gasteiger partial charge >= 0.3 is 5.97 Å². The second-order valence-electron chi connectivity index (χ2n) is 3.31. The number of esters is 1. The Balaban J connectivity index is 2.58. The van der Waals surface area contributed by atoms with Crippen LogP contribution in [0.15, 0.2) is 4.42 Å². The van der Waals surface area contributed by atoms with Gasteiger partial charge in [-0.3, -0.25) is 4.79 Å². The third kappa shape index (κ3) is 3.06. The second-order valence-corrected chi connectivity index (χ2v) is 3.31. The Morgan fingerprint density at radius 2 is 2.27 bits per heavy atom. The standard InChI is InChI=1S/C10H16N2O3/c1-4-14-10(13)8(11)5-9-12-6(2)7(3)15-9/h8H,4-5,11H2,1-3H3. The number of rotatable bonds is 4. The number of aromatic nitrogens is 1. The largest absolute Gasteiger partial charge is 0.465 e. The Hall–Kier alpha value is -1.36. The van der Waals surface area contributed by atoms with Gasteiger partial charge in [0.2, 0.25) is 0 Å². The molecule has 0 aliphatic heterocycles. The van der Waals surface area contributed by atoms with Crippen LogP contribution < -0.4 is 5.73 Å². The summed E-state index contributed by atoms with van der Waals surface area (Å²) in [5.74, 6) is 0.803. The molecule has 0 aliphatic carbocycles. The fourth-order valence-corrected chi connectivity index (χ4v) is 1.15. The summed E-state index contributed by atoms with van der Waals surface area (Å²) in [5, 5.41) is 0. The molecule has 1 aromatic rings. The molecule has 0 saturated heterocycles. The maximum atomic E-state index is 11.2. The fourth-order valence-electron chi connectivity index (χ4n) is 1.15. The van der Waals surface area contributed by atoms with Crippen molar-refractivity contribution in [1.29, 1.82) is 0 Å². The first kappa shape index (κ1) is 11.7. The number of aryl methyl sites for hydroxylation is 2. The zero-order chi connectivity index (χ0) is 11.4. The molecule has 0 amide bonds. The van der Waals surface area contributed by atoms with E-state index in [1.807, 2.05) is 13.8 Å². The lowest BCUT2D eigenvalue weighted by atomic mass is 10.2. The number of ether oxygens (including phenoxy) is 1. The number of nitrogens with zero attached hydrogens (tertiary/aromatic N) is 1. The van der Waals surface area contributed by atoms with Crippen LogP contribution >= 0.6 is 0 Å². The summed E-state index contributed by atoms with van der Waals surface area (Å²) in [6, 6.07) is -0.706. The van der Waals surface area contributed by atoms with Gasteiger partial charge in [0.05, 0.1) is 18.7 Å². The van der Waals surface area contributed by atoms with Crippen LogP contribution in [-0.2, 0) is 16.0 Å². The molecule has 1 atom stereocenters. The Morgan fingerprint density at radius 3 is 2.73 bits per heavy atom. The zero-order valence-corrected chi connectivity index (χ0v) is 9.24. The van der Waals surface area contributed by atoms with Gasteiger partial charge in [-0.05, 0) is 20.8 Å². The molecule has 1 rings (SSSR count). The summed E-state index contributed by atoms with van der Waals surface area (Å²) < 4.78 is 10.1. The molecule has 0 saturated carbocycles. The molecule has 84 valence electrons. The van der Waals surface area contributed by atoms with Crippen LogP contribution in [-0.4, -0.2) is 23.6 Å². The predicted octanol–water partition coefficient (Wildman–Crippen LogP) is 0.724. The van der Waals surface area contributed by atoms with Gasteiger partial charge in [-0.15, -0.1) is 0 Å². The van der Waals surface area contributed by atoms with E-state index in [0.29, 0.717) is 12.5 Å². The topological polar surface area (TPSA) is 78.4 Å². The van der Waals surface area contributed by atoms with Crippen LogP contribution in [0.4, 0.5) is 0 Å². The summed E-state index contributed by atoms with van der Waals surface area (Å²) in [4.78, 5) is 15.4. The first-order chi connectivity index (χ1) is 7.04. The molecular formula is C10H16N2O3. The molecule has 1 aromatic heterocycles. The number of carbonyl (C=O) groups is 1. The lowest BCUT2D eigenvalue weighted by molar-refractivity contribution is -0.144. The van der Waals surface area contributed by atoms with E-state index in [9.17, 15) is 4.79 Å². The lowest BCUT2D eigenvalue weighted by Crippen LogP contribution is -2.34. The molecule has 5 nitrogen and oxygen atoms in total. The SMILES string of the molecule is CCOC(=O)C(N)Cc1nc(C)c(C)o1. The minimum Gasteiger partial charge on any atom is -0.465 e. The third-order valence-electron chi connectivity index (χ3n) is 2.06. The average molecular weight is 212 g/mol. The van der Waals surface area contributed by atoms with Gasteiger partial charge in [-0.25, -0.2) is 4.98 Å². The van der Waals surface area contributed by atoms with Crippen molar-refractivity contribution in [2.24, 2.45) is 5.73 Å². The smallest absolute Gasteiger partial charge is 0.323 e. The number of hydrogen-bond donors (Lipinski definition) is 1. The van der Waals surface area contributed by atoms with E-state index < -0.39 is 12.0 Å². The first-order valence-corrected chi connectivity index (χ1v) is 4.89. The van der Waals surface area contributed by atoms with Crippen molar-refractivity contribution in [3.05, 3.63) is 17.3 Å². The van der Waals surface area contributed by atoms with E-state index in [0.717, 1.165) is 11.5 Å². The molecule has 0 fully saturated rings. The first-order valence-electron chi connectivity index (χ1n) is 4.89. The molecule has 0 aromatic carbocycles. The van der Waals surface area contributed by atoms with Crippen molar-refractivity contribution < 1.29 is 13.9 Å². The van der Waals surface area contributed by atoms with Crippen molar-refractivity contribution in [1.82, 2.24) is 4.98 Å². The Labute approximate surface area is 88.6 Å². The molecule has 0 aliphatic rings. The number of carbonyl (C=O) groups excluding carboxylic acids is 1. The van der Waals surface area contributed by atoms with Crippen LogP contribution in [0.1, 0.15) is 24.3 Å². The van der Waals surface area contributed by atoms with Crippen LogP contribution in [0.3, 0.4) is 0 Å². The van der Waals surface area contributed by atoms with E-state index in [1.165, 1.54) is 0 Å². The monoisotopic (exact) mass is 212 g/mol. The van der Waals surface area contributed by atoms with E-state index >= 15 is 0 Å².